The van der Waals surface area contributed by atoms with E-state index in [1.807, 2.05) is 0 Å². The maximum absolute atomic E-state index is 12.6. The van der Waals surface area contributed by atoms with Crippen LogP contribution in [-0.4, -0.2) is 15.6 Å². The van der Waals surface area contributed by atoms with Gasteiger partial charge in [-0.3, -0.25) is 4.57 Å². The molecule has 1 heterocycles. The highest BCUT2D eigenvalue weighted by atomic mass is 35.5. The number of alkyl halides is 3. The maximum Gasteiger partial charge on any atom is 0.416 e. The van der Waals surface area contributed by atoms with Crippen LogP contribution in [0.3, 0.4) is 0 Å². The number of nitrogens with zero attached hydrogens (tertiary/aromatic N) is 2. The number of amides is 1. The van der Waals surface area contributed by atoms with Gasteiger partial charge in [0, 0.05) is 23.1 Å². The molecule has 0 spiro atoms. The third-order valence-corrected chi connectivity index (χ3v) is 2.43. The number of imidazole rings is 1. The number of halogens is 4. The highest BCUT2D eigenvalue weighted by Gasteiger charge is 2.31. The van der Waals surface area contributed by atoms with Gasteiger partial charge in [-0.1, -0.05) is 11.6 Å². The summed E-state index contributed by atoms with van der Waals surface area (Å²) in [6.07, 6.45) is -0.562. The number of benzene rings is 1. The second kappa shape index (κ2) is 4.93. The quantitative estimate of drug-likeness (QED) is 0.871. The van der Waals surface area contributed by atoms with Gasteiger partial charge < -0.3 is 5.32 Å². The van der Waals surface area contributed by atoms with Crippen LogP contribution < -0.4 is 5.32 Å². The van der Waals surface area contributed by atoms with E-state index in [1.165, 1.54) is 24.8 Å². The highest BCUT2D eigenvalue weighted by molar-refractivity contribution is 6.31. The zero-order chi connectivity index (χ0) is 14.0. The van der Waals surface area contributed by atoms with Gasteiger partial charge in [0.1, 0.15) is 6.33 Å². The van der Waals surface area contributed by atoms with Crippen LogP contribution in [0.2, 0.25) is 5.02 Å². The fraction of sp³-hybridized carbons (Fsp3) is 0.0909. The van der Waals surface area contributed by atoms with Crippen LogP contribution in [0.15, 0.2) is 36.9 Å². The Labute approximate surface area is 110 Å². The molecule has 0 fully saturated rings. The van der Waals surface area contributed by atoms with E-state index in [0.717, 1.165) is 16.7 Å². The molecular formula is C11H7ClF3N3O. The van der Waals surface area contributed by atoms with Crippen molar-refractivity contribution in [2.75, 3.05) is 5.32 Å². The third-order valence-electron chi connectivity index (χ3n) is 2.22. The molecule has 0 aliphatic carbocycles. The monoisotopic (exact) mass is 289 g/mol. The van der Waals surface area contributed by atoms with Gasteiger partial charge in [0.25, 0.3) is 0 Å². The molecule has 0 saturated carbocycles. The van der Waals surface area contributed by atoms with Crippen molar-refractivity contribution in [1.29, 1.82) is 0 Å². The van der Waals surface area contributed by atoms with Crippen LogP contribution in [0.25, 0.3) is 0 Å². The standard InChI is InChI=1S/C11H7ClF3N3O/c12-8-3-7(11(13,14)15)4-9(5-8)17-10(19)18-2-1-16-6-18/h1-6H,(H,17,19). The first-order valence-electron chi connectivity index (χ1n) is 5.03. The smallest absolute Gasteiger partial charge is 0.307 e. The zero-order valence-electron chi connectivity index (χ0n) is 9.28. The molecule has 0 aliphatic heterocycles. The SMILES string of the molecule is O=C(Nc1cc(Cl)cc(C(F)(F)F)c1)n1ccnc1. The fourth-order valence-electron chi connectivity index (χ4n) is 1.39. The molecule has 0 radical (unpaired) electrons. The molecule has 0 bridgehead atoms. The number of carbonyl (C=O) groups is 1. The van der Waals surface area contributed by atoms with E-state index in [4.69, 9.17) is 11.6 Å². The van der Waals surface area contributed by atoms with Crippen molar-refractivity contribution in [3.63, 3.8) is 0 Å². The van der Waals surface area contributed by atoms with Crippen LogP contribution in [-0.2, 0) is 6.18 Å². The van der Waals surface area contributed by atoms with Gasteiger partial charge in [-0.25, -0.2) is 9.78 Å². The van der Waals surface area contributed by atoms with Gasteiger partial charge in [-0.05, 0) is 18.2 Å². The Bertz CT molecular complexity index is 596. The summed E-state index contributed by atoms with van der Waals surface area (Å²) in [6.45, 7) is 0. The van der Waals surface area contributed by atoms with Crippen molar-refractivity contribution in [1.82, 2.24) is 9.55 Å². The Hall–Kier alpha value is -2.02. The maximum atomic E-state index is 12.6. The van der Waals surface area contributed by atoms with E-state index in [1.54, 1.807) is 0 Å². The first-order chi connectivity index (χ1) is 8.86. The predicted octanol–water partition coefficient (Wildman–Crippen LogP) is 3.64. The lowest BCUT2D eigenvalue weighted by Crippen LogP contribution is -2.18. The third kappa shape index (κ3) is 3.25. The first-order valence-corrected chi connectivity index (χ1v) is 5.41. The lowest BCUT2D eigenvalue weighted by Gasteiger charge is -2.11. The summed E-state index contributed by atoms with van der Waals surface area (Å²) in [5.41, 5.74) is -0.973. The fourth-order valence-corrected chi connectivity index (χ4v) is 1.63. The van der Waals surface area contributed by atoms with Crippen LogP contribution >= 0.6 is 11.6 Å². The van der Waals surface area contributed by atoms with E-state index in [-0.39, 0.29) is 10.7 Å². The normalized spacial score (nSPS) is 11.4. The summed E-state index contributed by atoms with van der Waals surface area (Å²) in [5.74, 6) is 0. The molecule has 0 atom stereocenters. The second-order valence-electron chi connectivity index (χ2n) is 3.63. The summed E-state index contributed by atoms with van der Waals surface area (Å²) in [5, 5.41) is 2.18. The van der Waals surface area contributed by atoms with Crippen LogP contribution in [0.1, 0.15) is 5.56 Å². The molecule has 0 saturated heterocycles. The summed E-state index contributed by atoms with van der Waals surface area (Å²) >= 11 is 5.59. The minimum Gasteiger partial charge on any atom is -0.307 e. The number of nitrogens with one attached hydrogen (secondary N) is 1. The molecule has 1 aromatic heterocycles. The molecule has 8 heteroatoms. The van der Waals surface area contributed by atoms with Gasteiger partial charge in [0.05, 0.1) is 5.56 Å². The van der Waals surface area contributed by atoms with E-state index in [0.29, 0.717) is 0 Å². The van der Waals surface area contributed by atoms with Gasteiger partial charge >= 0.3 is 12.2 Å². The number of rotatable bonds is 1. The largest absolute Gasteiger partial charge is 0.416 e. The van der Waals surface area contributed by atoms with Gasteiger partial charge in [0.15, 0.2) is 0 Å². The summed E-state index contributed by atoms with van der Waals surface area (Å²) < 4.78 is 38.8. The lowest BCUT2D eigenvalue weighted by atomic mass is 10.2. The number of anilines is 1. The molecule has 0 aliphatic rings. The van der Waals surface area contributed by atoms with Crippen LogP contribution in [0, 0.1) is 0 Å². The number of hydrogen-bond donors (Lipinski definition) is 1. The summed E-state index contributed by atoms with van der Waals surface area (Å²) in [4.78, 5) is 15.3. The molecule has 1 N–H and O–H groups in total. The Morgan fingerprint density at radius 2 is 2.05 bits per heavy atom. The molecule has 4 nitrogen and oxygen atoms in total. The van der Waals surface area contributed by atoms with E-state index >= 15 is 0 Å². The van der Waals surface area contributed by atoms with Crippen molar-refractivity contribution in [3.8, 4) is 0 Å². The number of carbonyl (C=O) groups excluding carboxylic acids is 1. The summed E-state index contributed by atoms with van der Waals surface area (Å²) in [7, 11) is 0. The molecule has 2 aromatic rings. The van der Waals surface area contributed by atoms with Crippen molar-refractivity contribution in [2.45, 2.75) is 6.18 Å². The summed E-state index contributed by atoms with van der Waals surface area (Å²) in [6, 6.07) is 2.19. The topological polar surface area (TPSA) is 46.9 Å². The zero-order valence-corrected chi connectivity index (χ0v) is 10.0. The minimum atomic E-state index is -4.53. The predicted molar refractivity (Wildman–Crippen MR) is 63.1 cm³/mol. The molecule has 100 valence electrons. The van der Waals surface area contributed by atoms with Crippen LogP contribution in [0.4, 0.5) is 23.7 Å². The van der Waals surface area contributed by atoms with E-state index in [9.17, 15) is 18.0 Å². The van der Waals surface area contributed by atoms with Crippen molar-refractivity contribution in [2.24, 2.45) is 0 Å². The molecule has 1 amide bonds. The Balaban J connectivity index is 2.26. The van der Waals surface area contributed by atoms with E-state index < -0.39 is 17.8 Å². The molecule has 19 heavy (non-hydrogen) atoms. The average Bonchev–Trinajstić information content (AvgIpc) is 2.80. The molecular weight excluding hydrogens is 283 g/mol. The molecule has 0 unspecified atom stereocenters. The van der Waals surface area contributed by atoms with Gasteiger partial charge in [0.2, 0.25) is 0 Å². The van der Waals surface area contributed by atoms with Crippen molar-refractivity contribution >= 4 is 23.3 Å². The second-order valence-corrected chi connectivity index (χ2v) is 4.06. The number of aromatic nitrogens is 2. The van der Waals surface area contributed by atoms with Crippen molar-refractivity contribution in [3.05, 3.63) is 47.5 Å². The van der Waals surface area contributed by atoms with Crippen LogP contribution in [0.5, 0.6) is 0 Å². The number of hydrogen-bond acceptors (Lipinski definition) is 2. The molecule has 2 rings (SSSR count). The Morgan fingerprint density at radius 1 is 1.32 bits per heavy atom. The minimum absolute atomic E-state index is 0.0430. The first kappa shape index (κ1) is 13.4. The van der Waals surface area contributed by atoms with E-state index in [2.05, 4.69) is 10.3 Å². The van der Waals surface area contributed by atoms with Gasteiger partial charge in [-0.2, -0.15) is 13.2 Å². The molecule has 1 aromatic carbocycles. The highest BCUT2D eigenvalue weighted by Crippen LogP contribution is 2.33. The lowest BCUT2D eigenvalue weighted by molar-refractivity contribution is -0.137. The average molecular weight is 290 g/mol. The van der Waals surface area contributed by atoms with Crippen molar-refractivity contribution < 1.29 is 18.0 Å². The Kier molecular flexibility index (Phi) is 3.48. The Morgan fingerprint density at radius 3 is 2.63 bits per heavy atom. The van der Waals surface area contributed by atoms with Gasteiger partial charge in [-0.15, -0.1) is 0 Å².